The van der Waals surface area contributed by atoms with E-state index in [0.717, 1.165) is 0 Å². The van der Waals surface area contributed by atoms with E-state index in [9.17, 15) is 14.0 Å². The molecule has 0 aromatic heterocycles. The van der Waals surface area contributed by atoms with Crippen LogP contribution in [0.4, 0.5) is 10.1 Å². The Morgan fingerprint density at radius 3 is 2.42 bits per heavy atom. The second-order valence-corrected chi connectivity index (χ2v) is 4.46. The summed E-state index contributed by atoms with van der Waals surface area (Å²) in [5, 5.41) is 11.5. The number of halogens is 1. The van der Waals surface area contributed by atoms with Crippen molar-refractivity contribution in [1.82, 2.24) is 0 Å². The predicted molar refractivity (Wildman–Crippen MR) is 68.0 cm³/mol. The van der Waals surface area contributed by atoms with E-state index in [-0.39, 0.29) is 5.69 Å². The molecule has 0 radical (unpaired) electrons. The van der Waals surface area contributed by atoms with E-state index in [1.54, 1.807) is 18.2 Å². The number of carbonyl (C=O) groups is 2. The van der Waals surface area contributed by atoms with Crippen molar-refractivity contribution in [2.45, 2.75) is 12.8 Å². The van der Waals surface area contributed by atoms with Crippen LogP contribution in [0.3, 0.4) is 0 Å². The van der Waals surface area contributed by atoms with Crippen molar-refractivity contribution in [2.75, 3.05) is 5.32 Å². The number of allylic oxidation sites excluding steroid dienone is 2. The van der Waals surface area contributed by atoms with Crippen molar-refractivity contribution in [3.8, 4) is 0 Å². The molecule has 2 N–H and O–H groups in total. The number of carbonyl (C=O) groups excluding carboxylic acids is 1. The lowest BCUT2D eigenvalue weighted by molar-refractivity contribution is -0.146. The summed E-state index contributed by atoms with van der Waals surface area (Å²) in [7, 11) is 0. The predicted octanol–water partition coefficient (Wildman–Crippen LogP) is 2.43. The van der Waals surface area contributed by atoms with Crippen LogP contribution in [0.2, 0.25) is 0 Å². The normalized spacial score (nSPS) is 21.9. The van der Waals surface area contributed by atoms with E-state index in [1.165, 1.54) is 18.2 Å². The number of benzene rings is 1. The summed E-state index contributed by atoms with van der Waals surface area (Å²) in [5.41, 5.74) is 0.0752. The standard InChI is InChI=1S/C14H14FNO3/c15-11-7-3-4-8-12(11)16-13(17)9-5-1-2-6-10(9)14(18)19/h1-4,7-10H,5-6H2,(H,16,17)(H,18,19)/t9-,10-/m1/s1. The largest absolute Gasteiger partial charge is 0.481 e. The van der Waals surface area contributed by atoms with Crippen molar-refractivity contribution in [1.29, 1.82) is 0 Å². The Kier molecular flexibility index (Phi) is 3.94. The summed E-state index contributed by atoms with van der Waals surface area (Å²) in [6.07, 6.45) is 4.22. The summed E-state index contributed by atoms with van der Waals surface area (Å²) in [6, 6.07) is 5.81. The average molecular weight is 263 g/mol. The van der Waals surface area contributed by atoms with Crippen LogP contribution in [0.1, 0.15) is 12.8 Å². The molecule has 0 unspecified atom stereocenters. The van der Waals surface area contributed by atoms with E-state index in [4.69, 9.17) is 5.11 Å². The summed E-state index contributed by atoms with van der Waals surface area (Å²) in [6.45, 7) is 0. The summed E-state index contributed by atoms with van der Waals surface area (Å²) in [4.78, 5) is 23.2. The molecule has 0 bridgehead atoms. The van der Waals surface area contributed by atoms with Gasteiger partial charge in [-0.25, -0.2) is 4.39 Å². The second kappa shape index (κ2) is 5.65. The van der Waals surface area contributed by atoms with Crippen LogP contribution >= 0.6 is 0 Å². The maximum Gasteiger partial charge on any atom is 0.307 e. The Morgan fingerprint density at radius 1 is 1.16 bits per heavy atom. The van der Waals surface area contributed by atoms with E-state index < -0.39 is 29.5 Å². The van der Waals surface area contributed by atoms with Gasteiger partial charge in [-0.2, -0.15) is 0 Å². The number of rotatable bonds is 3. The monoisotopic (exact) mass is 263 g/mol. The van der Waals surface area contributed by atoms with Crippen LogP contribution in [0.5, 0.6) is 0 Å². The van der Waals surface area contributed by atoms with Crippen LogP contribution in [0.15, 0.2) is 36.4 Å². The molecule has 1 aromatic carbocycles. The Morgan fingerprint density at radius 2 is 1.79 bits per heavy atom. The first-order valence-electron chi connectivity index (χ1n) is 6.03. The summed E-state index contributed by atoms with van der Waals surface area (Å²) >= 11 is 0. The second-order valence-electron chi connectivity index (χ2n) is 4.46. The third-order valence-corrected chi connectivity index (χ3v) is 3.22. The molecule has 2 atom stereocenters. The fourth-order valence-electron chi connectivity index (χ4n) is 2.16. The lowest BCUT2D eigenvalue weighted by Crippen LogP contribution is -2.34. The quantitative estimate of drug-likeness (QED) is 0.823. The van der Waals surface area contributed by atoms with E-state index in [2.05, 4.69) is 5.32 Å². The van der Waals surface area contributed by atoms with E-state index >= 15 is 0 Å². The minimum atomic E-state index is -1.00. The van der Waals surface area contributed by atoms with Gasteiger partial charge in [-0.05, 0) is 25.0 Å². The van der Waals surface area contributed by atoms with Crippen LogP contribution in [-0.4, -0.2) is 17.0 Å². The lowest BCUT2D eigenvalue weighted by atomic mass is 9.82. The SMILES string of the molecule is O=C(O)[C@@H]1CC=CC[C@H]1C(=O)Nc1ccccc1F. The average Bonchev–Trinajstić information content (AvgIpc) is 2.41. The molecular formula is C14H14FNO3. The minimum absolute atomic E-state index is 0.0752. The highest BCUT2D eigenvalue weighted by Crippen LogP contribution is 2.27. The Labute approximate surface area is 109 Å². The molecule has 1 aliphatic carbocycles. The zero-order valence-electron chi connectivity index (χ0n) is 10.2. The molecule has 19 heavy (non-hydrogen) atoms. The Hall–Kier alpha value is -2.17. The zero-order chi connectivity index (χ0) is 13.8. The van der Waals surface area contributed by atoms with Gasteiger partial charge in [-0.3, -0.25) is 9.59 Å². The van der Waals surface area contributed by atoms with Gasteiger partial charge in [0.25, 0.3) is 0 Å². The van der Waals surface area contributed by atoms with Crippen LogP contribution in [-0.2, 0) is 9.59 Å². The fraction of sp³-hybridized carbons (Fsp3) is 0.286. The van der Waals surface area contributed by atoms with Gasteiger partial charge >= 0.3 is 5.97 Å². The third kappa shape index (κ3) is 2.99. The number of carboxylic acid groups (broad SMARTS) is 1. The third-order valence-electron chi connectivity index (χ3n) is 3.22. The van der Waals surface area contributed by atoms with Gasteiger partial charge in [-0.1, -0.05) is 24.3 Å². The maximum absolute atomic E-state index is 13.4. The first kappa shape index (κ1) is 13.3. The minimum Gasteiger partial charge on any atom is -0.481 e. The number of aliphatic carboxylic acids is 1. The number of amides is 1. The molecule has 0 saturated heterocycles. The number of hydrogen-bond acceptors (Lipinski definition) is 2. The van der Waals surface area contributed by atoms with Gasteiger partial charge < -0.3 is 10.4 Å². The zero-order valence-corrected chi connectivity index (χ0v) is 10.2. The van der Waals surface area contributed by atoms with Gasteiger partial charge in [0.1, 0.15) is 5.82 Å². The highest BCUT2D eigenvalue weighted by Gasteiger charge is 2.34. The molecule has 0 aliphatic heterocycles. The van der Waals surface area contributed by atoms with Gasteiger partial charge in [0.05, 0.1) is 17.5 Å². The smallest absolute Gasteiger partial charge is 0.307 e. The van der Waals surface area contributed by atoms with Crippen LogP contribution in [0.25, 0.3) is 0 Å². The molecule has 1 amide bonds. The van der Waals surface area contributed by atoms with E-state index in [0.29, 0.717) is 12.8 Å². The number of carboxylic acids is 1. The van der Waals surface area contributed by atoms with Crippen LogP contribution in [0, 0.1) is 17.7 Å². The molecule has 1 aliphatic rings. The molecule has 2 rings (SSSR count). The van der Waals surface area contributed by atoms with E-state index in [1.807, 2.05) is 0 Å². The fourth-order valence-corrected chi connectivity index (χ4v) is 2.16. The number of anilines is 1. The molecule has 0 fully saturated rings. The molecule has 0 spiro atoms. The van der Waals surface area contributed by atoms with Gasteiger partial charge in [0.2, 0.25) is 5.91 Å². The van der Waals surface area contributed by atoms with Crippen molar-refractivity contribution in [3.63, 3.8) is 0 Å². The van der Waals surface area contributed by atoms with Gasteiger partial charge in [-0.15, -0.1) is 0 Å². The van der Waals surface area contributed by atoms with Crippen molar-refractivity contribution in [3.05, 3.63) is 42.2 Å². The maximum atomic E-state index is 13.4. The molecule has 5 heteroatoms. The van der Waals surface area contributed by atoms with Gasteiger partial charge in [0, 0.05) is 0 Å². The molecule has 0 saturated carbocycles. The Balaban J connectivity index is 2.13. The van der Waals surface area contributed by atoms with Crippen LogP contribution < -0.4 is 5.32 Å². The lowest BCUT2D eigenvalue weighted by Gasteiger charge is -2.24. The van der Waals surface area contributed by atoms with Gasteiger partial charge in [0.15, 0.2) is 0 Å². The van der Waals surface area contributed by atoms with Crippen molar-refractivity contribution >= 4 is 17.6 Å². The first-order valence-corrected chi connectivity index (χ1v) is 6.03. The number of nitrogens with one attached hydrogen (secondary N) is 1. The molecular weight excluding hydrogens is 249 g/mol. The Bertz CT molecular complexity index is 527. The van der Waals surface area contributed by atoms with Crippen molar-refractivity contribution < 1.29 is 19.1 Å². The number of para-hydroxylation sites is 1. The first-order chi connectivity index (χ1) is 9.09. The molecule has 1 aromatic rings. The highest BCUT2D eigenvalue weighted by molar-refractivity contribution is 5.95. The van der Waals surface area contributed by atoms with Crippen molar-refractivity contribution in [2.24, 2.45) is 11.8 Å². The summed E-state index contributed by atoms with van der Waals surface area (Å²) < 4.78 is 13.4. The highest BCUT2D eigenvalue weighted by atomic mass is 19.1. The summed E-state index contributed by atoms with van der Waals surface area (Å²) in [5.74, 6) is -3.41. The number of hydrogen-bond donors (Lipinski definition) is 2. The molecule has 4 nitrogen and oxygen atoms in total. The molecule has 100 valence electrons. The topological polar surface area (TPSA) is 66.4 Å². The molecule has 0 heterocycles.